The third kappa shape index (κ3) is 2.14. The van der Waals surface area contributed by atoms with E-state index < -0.39 is 0 Å². The molecule has 3 heteroatoms. The van der Waals surface area contributed by atoms with E-state index in [-0.39, 0.29) is 0 Å². The van der Waals surface area contributed by atoms with Gasteiger partial charge < -0.3 is 10.3 Å². The summed E-state index contributed by atoms with van der Waals surface area (Å²) in [5.41, 5.74) is 9.42. The lowest BCUT2D eigenvalue weighted by Crippen LogP contribution is -1.86. The average Bonchev–Trinajstić information content (AvgIpc) is 2.60. The van der Waals surface area contributed by atoms with Crippen LogP contribution in [-0.4, -0.2) is 5.16 Å². The molecule has 0 saturated heterocycles. The minimum Gasteiger partial charge on any atom is -0.394 e. The van der Waals surface area contributed by atoms with Gasteiger partial charge in [0.15, 0.2) is 5.76 Å². The topological polar surface area (TPSA) is 52.0 Å². The molecule has 1 aromatic carbocycles. The van der Waals surface area contributed by atoms with Crippen molar-refractivity contribution in [2.75, 3.05) is 5.73 Å². The highest BCUT2D eigenvalue weighted by atomic mass is 16.5. The Kier molecular flexibility index (Phi) is 2.77. The number of aryl methyl sites for hydroxylation is 2. The number of hydrogen-bond acceptors (Lipinski definition) is 3. The number of benzene rings is 1. The van der Waals surface area contributed by atoms with Crippen molar-refractivity contribution >= 4 is 17.8 Å². The van der Waals surface area contributed by atoms with Gasteiger partial charge in [0.2, 0.25) is 0 Å². The molecular weight excluding hydrogens is 200 g/mol. The molecule has 0 atom stereocenters. The molecule has 2 N–H and O–H groups in total. The second-order valence-electron chi connectivity index (χ2n) is 3.78. The normalized spacial score (nSPS) is 11.1. The molecule has 0 unspecified atom stereocenters. The second kappa shape index (κ2) is 4.23. The molecule has 0 saturated carbocycles. The fourth-order valence-corrected chi connectivity index (χ4v) is 1.37. The molecule has 82 valence electrons. The maximum atomic E-state index is 5.78. The molecule has 0 bridgehead atoms. The Bertz CT molecular complexity index is 509. The highest BCUT2D eigenvalue weighted by Gasteiger charge is 2.04. The molecular formula is C13H14N2O. The Balaban J connectivity index is 2.21. The summed E-state index contributed by atoms with van der Waals surface area (Å²) in [5.74, 6) is 0.656. The minimum atomic E-state index is 0.600. The first kappa shape index (κ1) is 10.5. The van der Waals surface area contributed by atoms with Crippen LogP contribution in [0.15, 0.2) is 28.8 Å². The molecule has 0 aliphatic heterocycles. The molecule has 1 heterocycles. The Hall–Kier alpha value is -2.03. The third-order valence-electron chi connectivity index (χ3n) is 2.45. The maximum absolute atomic E-state index is 5.78. The molecule has 0 aliphatic carbocycles. The molecule has 0 amide bonds. The van der Waals surface area contributed by atoms with Crippen molar-refractivity contribution < 1.29 is 4.52 Å². The summed E-state index contributed by atoms with van der Waals surface area (Å²) in [5, 5.41) is 3.86. The maximum Gasteiger partial charge on any atom is 0.157 e. The van der Waals surface area contributed by atoms with Crippen LogP contribution in [0.25, 0.3) is 12.2 Å². The second-order valence-corrected chi connectivity index (χ2v) is 3.78. The first-order valence-corrected chi connectivity index (χ1v) is 5.13. The van der Waals surface area contributed by atoms with Gasteiger partial charge in [-0.05, 0) is 25.5 Å². The van der Waals surface area contributed by atoms with E-state index in [2.05, 4.69) is 36.3 Å². The quantitative estimate of drug-likeness (QED) is 0.835. The van der Waals surface area contributed by atoms with Gasteiger partial charge in [-0.1, -0.05) is 41.1 Å². The Labute approximate surface area is 94.6 Å². The van der Waals surface area contributed by atoms with Crippen molar-refractivity contribution in [1.82, 2.24) is 5.16 Å². The van der Waals surface area contributed by atoms with Crippen molar-refractivity contribution in [3.63, 3.8) is 0 Å². The zero-order valence-electron chi connectivity index (χ0n) is 9.40. The van der Waals surface area contributed by atoms with E-state index in [0.717, 1.165) is 5.56 Å². The number of aromatic nitrogens is 1. The van der Waals surface area contributed by atoms with E-state index in [1.54, 1.807) is 6.92 Å². The molecule has 3 nitrogen and oxygen atoms in total. The summed E-state index contributed by atoms with van der Waals surface area (Å²) in [6, 6.07) is 8.23. The third-order valence-corrected chi connectivity index (χ3v) is 2.45. The van der Waals surface area contributed by atoms with Crippen LogP contribution in [0.1, 0.15) is 22.6 Å². The standard InChI is InChI=1S/C13H14N2O/c1-9-3-5-11(6-4-9)7-8-12-13(14)10(2)16-15-12/h3-8H,14H2,1-2H3. The van der Waals surface area contributed by atoms with Crippen LogP contribution in [0.2, 0.25) is 0 Å². The van der Waals surface area contributed by atoms with Crippen LogP contribution < -0.4 is 5.73 Å². The molecule has 16 heavy (non-hydrogen) atoms. The number of hydrogen-bond donors (Lipinski definition) is 1. The van der Waals surface area contributed by atoms with E-state index in [4.69, 9.17) is 10.3 Å². The fraction of sp³-hybridized carbons (Fsp3) is 0.154. The molecule has 2 aromatic rings. The van der Waals surface area contributed by atoms with Gasteiger partial charge in [0.05, 0.1) is 0 Å². The minimum absolute atomic E-state index is 0.600. The van der Waals surface area contributed by atoms with Gasteiger partial charge in [0.1, 0.15) is 11.4 Å². The summed E-state index contributed by atoms with van der Waals surface area (Å²) in [6.45, 7) is 3.86. The van der Waals surface area contributed by atoms with Crippen LogP contribution in [0.5, 0.6) is 0 Å². The number of nitrogens with two attached hydrogens (primary N) is 1. The number of nitrogen functional groups attached to an aromatic ring is 1. The summed E-state index contributed by atoms with van der Waals surface area (Å²) in [7, 11) is 0. The molecule has 0 radical (unpaired) electrons. The first-order valence-electron chi connectivity index (χ1n) is 5.13. The van der Waals surface area contributed by atoms with Gasteiger partial charge in [-0.3, -0.25) is 0 Å². The van der Waals surface area contributed by atoms with Crippen LogP contribution in [0, 0.1) is 13.8 Å². The average molecular weight is 214 g/mol. The Morgan fingerprint density at radius 2 is 1.81 bits per heavy atom. The monoisotopic (exact) mass is 214 g/mol. The van der Waals surface area contributed by atoms with Crippen LogP contribution in [-0.2, 0) is 0 Å². The van der Waals surface area contributed by atoms with E-state index in [0.29, 0.717) is 17.1 Å². The van der Waals surface area contributed by atoms with Gasteiger partial charge in [-0.2, -0.15) is 0 Å². The SMILES string of the molecule is Cc1ccc(C=Cc2noc(C)c2N)cc1. The Morgan fingerprint density at radius 1 is 1.12 bits per heavy atom. The summed E-state index contributed by atoms with van der Waals surface area (Å²) in [6.07, 6.45) is 3.82. The number of anilines is 1. The van der Waals surface area contributed by atoms with Crippen molar-refractivity contribution in [2.45, 2.75) is 13.8 Å². The zero-order valence-corrected chi connectivity index (χ0v) is 9.40. The van der Waals surface area contributed by atoms with E-state index >= 15 is 0 Å². The highest BCUT2D eigenvalue weighted by Crippen LogP contribution is 2.18. The first-order chi connectivity index (χ1) is 7.66. The predicted octanol–water partition coefficient (Wildman–Crippen LogP) is 3.04. The lowest BCUT2D eigenvalue weighted by molar-refractivity contribution is 0.397. The lowest BCUT2D eigenvalue weighted by Gasteiger charge is -1.94. The molecule has 0 aliphatic rings. The van der Waals surface area contributed by atoms with Crippen molar-refractivity contribution in [3.05, 3.63) is 46.8 Å². The van der Waals surface area contributed by atoms with Crippen molar-refractivity contribution in [1.29, 1.82) is 0 Å². The molecule has 0 spiro atoms. The van der Waals surface area contributed by atoms with Gasteiger partial charge in [0, 0.05) is 0 Å². The summed E-state index contributed by atoms with van der Waals surface area (Å²) >= 11 is 0. The Morgan fingerprint density at radius 3 is 2.38 bits per heavy atom. The van der Waals surface area contributed by atoms with E-state index in [1.165, 1.54) is 5.56 Å². The van der Waals surface area contributed by atoms with Crippen LogP contribution >= 0.6 is 0 Å². The van der Waals surface area contributed by atoms with Crippen molar-refractivity contribution in [2.24, 2.45) is 0 Å². The zero-order chi connectivity index (χ0) is 11.5. The molecule has 2 rings (SSSR count). The van der Waals surface area contributed by atoms with Gasteiger partial charge in [0.25, 0.3) is 0 Å². The smallest absolute Gasteiger partial charge is 0.157 e. The molecule has 1 aromatic heterocycles. The molecule has 0 fully saturated rings. The summed E-state index contributed by atoms with van der Waals surface area (Å²) in [4.78, 5) is 0. The van der Waals surface area contributed by atoms with Crippen LogP contribution in [0.3, 0.4) is 0 Å². The van der Waals surface area contributed by atoms with Gasteiger partial charge >= 0.3 is 0 Å². The van der Waals surface area contributed by atoms with Crippen molar-refractivity contribution in [3.8, 4) is 0 Å². The summed E-state index contributed by atoms with van der Waals surface area (Å²) < 4.78 is 4.98. The predicted molar refractivity (Wildman–Crippen MR) is 65.8 cm³/mol. The highest BCUT2D eigenvalue weighted by molar-refractivity contribution is 5.73. The van der Waals surface area contributed by atoms with Gasteiger partial charge in [-0.15, -0.1) is 0 Å². The van der Waals surface area contributed by atoms with E-state index in [9.17, 15) is 0 Å². The number of nitrogens with zero attached hydrogens (tertiary/aromatic N) is 1. The number of rotatable bonds is 2. The lowest BCUT2D eigenvalue weighted by atomic mass is 10.1. The van der Waals surface area contributed by atoms with E-state index in [1.807, 2.05) is 12.2 Å². The van der Waals surface area contributed by atoms with Gasteiger partial charge in [-0.25, -0.2) is 0 Å². The van der Waals surface area contributed by atoms with Crippen LogP contribution in [0.4, 0.5) is 5.69 Å². The fourth-order valence-electron chi connectivity index (χ4n) is 1.37. The largest absolute Gasteiger partial charge is 0.394 e.